The van der Waals surface area contributed by atoms with E-state index in [2.05, 4.69) is 27.8 Å². The smallest absolute Gasteiger partial charge is 0.269 e. The van der Waals surface area contributed by atoms with Crippen LogP contribution in [-0.4, -0.2) is 35.7 Å². The van der Waals surface area contributed by atoms with Gasteiger partial charge in [0.1, 0.15) is 5.69 Å². The summed E-state index contributed by atoms with van der Waals surface area (Å²) in [6.45, 7) is 4.95. The van der Waals surface area contributed by atoms with E-state index >= 15 is 0 Å². The fourth-order valence-corrected chi connectivity index (χ4v) is 2.97. The predicted molar refractivity (Wildman–Crippen MR) is 98.6 cm³/mol. The number of aromatic amines is 1. The maximum Gasteiger partial charge on any atom is 0.269 e. The minimum absolute atomic E-state index is 0. The number of halogens is 1. The van der Waals surface area contributed by atoms with Crippen LogP contribution in [0.2, 0.25) is 0 Å². The molecule has 1 aliphatic heterocycles. The van der Waals surface area contributed by atoms with Crippen molar-refractivity contribution in [3.8, 4) is 11.3 Å². The van der Waals surface area contributed by atoms with E-state index in [0.717, 1.165) is 30.8 Å². The van der Waals surface area contributed by atoms with Crippen LogP contribution in [0.5, 0.6) is 0 Å². The Labute approximate surface area is 149 Å². The lowest BCUT2D eigenvalue weighted by atomic mass is 9.96. The number of amides is 1. The number of rotatable bonds is 5. The number of aryl methyl sites for hydroxylation is 1. The summed E-state index contributed by atoms with van der Waals surface area (Å²) in [6, 6.07) is 9.93. The topological polar surface area (TPSA) is 69.8 Å². The van der Waals surface area contributed by atoms with Crippen LogP contribution < -0.4 is 10.6 Å². The van der Waals surface area contributed by atoms with Crippen molar-refractivity contribution >= 4 is 18.3 Å². The van der Waals surface area contributed by atoms with E-state index in [1.165, 1.54) is 18.4 Å². The summed E-state index contributed by atoms with van der Waals surface area (Å²) in [7, 11) is 0. The van der Waals surface area contributed by atoms with E-state index < -0.39 is 0 Å². The maximum atomic E-state index is 12.2. The lowest BCUT2D eigenvalue weighted by Gasteiger charge is -2.22. The monoisotopic (exact) mass is 348 g/mol. The number of nitrogens with zero attached hydrogens (tertiary/aromatic N) is 1. The Balaban J connectivity index is 0.00000208. The lowest BCUT2D eigenvalue weighted by molar-refractivity contribution is 0.0945. The van der Waals surface area contributed by atoms with E-state index in [1.807, 2.05) is 30.3 Å². The van der Waals surface area contributed by atoms with Gasteiger partial charge in [-0.3, -0.25) is 9.89 Å². The zero-order valence-electron chi connectivity index (χ0n) is 14.0. The van der Waals surface area contributed by atoms with Crippen molar-refractivity contribution in [1.29, 1.82) is 0 Å². The fourth-order valence-electron chi connectivity index (χ4n) is 2.97. The Hall–Kier alpha value is -1.85. The molecule has 2 aromatic rings. The molecule has 24 heavy (non-hydrogen) atoms. The van der Waals surface area contributed by atoms with E-state index in [-0.39, 0.29) is 18.3 Å². The standard InChI is InChI=1S/C18H24N4O.ClH/c1-13-4-6-15(7-5-13)16-11-17(22-21-16)18(23)20-10-8-14-3-2-9-19-12-14;/h4-7,11,14,19H,2-3,8-10,12H2,1H3,(H,20,23)(H,21,22);1H. The van der Waals surface area contributed by atoms with Crippen LogP contribution in [0.3, 0.4) is 0 Å². The highest BCUT2D eigenvalue weighted by molar-refractivity contribution is 5.93. The first-order valence-electron chi connectivity index (χ1n) is 8.34. The van der Waals surface area contributed by atoms with Gasteiger partial charge in [-0.2, -0.15) is 5.10 Å². The lowest BCUT2D eigenvalue weighted by Crippen LogP contribution is -2.33. The van der Waals surface area contributed by atoms with Crippen molar-refractivity contribution in [2.75, 3.05) is 19.6 Å². The molecule has 1 amide bonds. The van der Waals surface area contributed by atoms with Gasteiger partial charge in [-0.1, -0.05) is 29.8 Å². The molecule has 1 saturated heterocycles. The second-order valence-corrected chi connectivity index (χ2v) is 6.29. The van der Waals surface area contributed by atoms with Gasteiger partial charge in [-0.15, -0.1) is 12.4 Å². The van der Waals surface area contributed by atoms with E-state index in [4.69, 9.17) is 0 Å². The summed E-state index contributed by atoms with van der Waals surface area (Å²) in [5.74, 6) is 0.591. The first-order valence-corrected chi connectivity index (χ1v) is 8.34. The summed E-state index contributed by atoms with van der Waals surface area (Å²) in [6.07, 6.45) is 3.52. The number of carbonyl (C=O) groups excluding carboxylic acids is 1. The number of hydrogen-bond donors (Lipinski definition) is 3. The molecule has 2 heterocycles. The van der Waals surface area contributed by atoms with Gasteiger partial charge in [-0.25, -0.2) is 0 Å². The summed E-state index contributed by atoms with van der Waals surface area (Å²) < 4.78 is 0. The molecule has 1 atom stereocenters. The normalized spacial score (nSPS) is 17.1. The minimum Gasteiger partial charge on any atom is -0.351 e. The fraction of sp³-hybridized carbons (Fsp3) is 0.444. The second-order valence-electron chi connectivity index (χ2n) is 6.29. The van der Waals surface area contributed by atoms with Crippen LogP contribution in [0.1, 0.15) is 35.3 Å². The molecule has 1 fully saturated rings. The molecule has 3 rings (SSSR count). The quantitative estimate of drug-likeness (QED) is 0.778. The van der Waals surface area contributed by atoms with Crippen molar-refractivity contribution in [1.82, 2.24) is 20.8 Å². The molecular formula is C18H25ClN4O. The number of carbonyl (C=O) groups is 1. The zero-order valence-corrected chi connectivity index (χ0v) is 14.8. The van der Waals surface area contributed by atoms with E-state index in [9.17, 15) is 4.79 Å². The Bertz CT molecular complexity index is 647. The molecule has 0 aliphatic carbocycles. The highest BCUT2D eigenvalue weighted by Gasteiger charge is 2.14. The zero-order chi connectivity index (χ0) is 16.1. The van der Waals surface area contributed by atoms with Crippen LogP contribution in [0.25, 0.3) is 11.3 Å². The molecular weight excluding hydrogens is 324 g/mol. The van der Waals surface area contributed by atoms with Crippen molar-refractivity contribution in [2.45, 2.75) is 26.2 Å². The van der Waals surface area contributed by atoms with Gasteiger partial charge in [0.15, 0.2) is 0 Å². The van der Waals surface area contributed by atoms with Crippen molar-refractivity contribution in [2.24, 2.45) is 5.92 Å². The van der Waals surface area contributed by atoms with Crippen molar-refractivity contribution in [3.05, 3.63) is 41.6 Å². The molecule has 0 spiro atoms. The van der Waals surface area contributed by atoms with Gasteiger partial charge in [0, 0.05) is 12.1 Å². The van der Waals surface area contributed by atoms with Crippen molar-refractivity contribution in [3.63, 3.8) is 0 Å². The molecule has 1 aliphatic rings. The summed E-state index contributed by atoms with van der Waals surface area (Å²) >= 11 is 0. The number of benzene rings is 1. The van der Waals surface area contributed by atoms with Crippen LogP contribution in [0.15, 0.2) is 30.3 Å². The average molecular weight is 349 g/mol. The molecule has 0 bridgehead atoms. The van der Waals surface area contributed by atoms with Gasteiger partial charge < -0.3 is 10.6 Å². The minimum atomic E-state index is -0.0837. The third-order valence-electron chi connectivity index (χ3n) is 4.41. The Morgan fingerprint density at radius 3 is 2.83 bits per heavy atom. The first kappa shape index (κ1) is 18.5. The molecule has 5 nitrogen and oxygen atoms in total. The molecule has 0 radical (unpaired) electrons. The van der Waals surface area contributed by atoms with Gasteiger partial charge in [0.2, 0.25) is 0 Å². The first-order chi connectivity index (χ1) is 11.2. The molecule has 6 heteroatoms. The SMILES string of the molecule is Cc1ccc(-c2cc(C(=O)NCCC3CCCNC3)[nH]n2)cc1.Cl. The van der Waals surface area contributed by atoms with Gasteiger partial charge >= 0.3 is 0 Å². The van der Waals surface area contributed by atoms with Gasteiger partial charge in [0.25, 0.3) is 5.91 Å². The third-order valence-corrected chi connectivity index (χ3v) is 4.41. The Kier molecular flexibility index (Phi) is 6.82. The van der Waals surface area contributed by atoms with Crippen LogP contribution in [0.4, 0.5) is 0 Å². The molecule has 1 unspecified atom stereocenters. The molecule has 130 valence electrons. The molecule has 3 N–H and O–H groups in total. The number of H-pyrrole nitrogens is 1. The predicted octanol–water partition coefficient (Wildman–Crippen LogP) is 2.93. The van der Waals surface area contributed by atoms with Gasteiger partial charge in [-0.05, 0) is 51.3 Å². The third kappa shape index (κ3) is 4.82. The maximum absolute atomic E-state index is 12.2. The summed E-state index contributed by atoms with van der Waals surface area (Å²) in [5, 5.41) is 13.5. The summed E-state index contributed by atoms with van der Waals surface area (Å²) in [4.78, 5) is 12.2. The van der Waals surface area contributed by atoms with E-state index in [1.54, 1.807) is 0 Å². The molecule has 1 aromatic carbocycles. The Morgan fingerprint density at radius 2 is 2.12 bits per heavy atom. The largest absolute Gasteiger partial charge is 0.351 e. The molecule has 1 aromatic heterocycles. The van der Waals surface area contributed by atoms with Crippen LogP contribution in [-0.2, 0) is 0 Å². The summed E-state index contributed by atoms with van der Waals surface area (Å²) in [5.41, 5.74) is 3.53. The van der Waals surface area contributed by atoms with Crippen LogP contribution >= 0.6 is 12.4 Å². The second kappa shape index (κ2) is 8.85. The van der Waals surface area contributed by atoms with E-state index in [0.29, 0.717) is 18.2 Å². The Morgan fingerprint density at radius 1 is 1.33 bits per heavy atom. The number of piperidine rings is 1. The number of aromatic nitrogens is 2. The molecule has 0 saturated carbocycles. The van der Waals surface area contributed by atoms with Crippen molar-refractivity contribution < 1.29 is 4.79 Å². The number of hydrogen-bond acceptors (Lipinski definition) is 3. The highest BCUT2D eigenvalue weighted by Crippen LogP contribution is 2.18. The van der Waals surface area contributed by atoms with Gasteiger partial charge in [0.05, 0.1) is 5.69 Å². The number of nitrogens with one attached hydrogen (secondary N) is 3. The van der Waals surface area contributed by atoms with Crippen LogP contribution in [0, 0.1) is 12.8 Å². The average Bonchev–Trinajstić information content (AvgIpc) is 3.06. The highest BCUT2D eigenvalue weighted by atomic mass is 35.5.